The first-order valence-electron chi connectivity index (χ1n) is 20.0. The lowest BCUT2D eigenvalue weighted by atomic mass is 10.0. The molecule has 4 nitrogen and oxygen atoms in total. The fraction of sp³-hybridized carbons (Fsp3) is 0.810. The van der Waals surface area contributed by atoms with Gasteiger partial charge >= 0.3 is 11.9 Å². The lowest BCUT2D eigenvalue weighted by molar-refractivity contribution is -0.150. The van der Waals surface area contributed by atoms with Crippen LogP contribution in [-0.4, -0.2) is 23.1 Å². The summed E-state index contributed by atoms with van der Waals surface area (Å²) in [5.74, 6) is -0.762. The molecule has 46 heavy (non-hydrogen) atoms. The monoisotopic (exact) mass is 645 g/mol. The highest BCUT2D eigenvalue weighted by molar-refractivity contribution is 5.69. The van der Waals surface area contributed by atoms with E-state index in [0.29, 0.717) is 12.8 Å². The van der Waals surface area contributed by atoms with Crippen LogP contribution >= 0.6 is 0 Å². The van der Waals surface area contributed by atoms with Crippen LogP contribution < -0.4 is 0 Å². The third kappa shape index (κ3) is 36.6. The zero-order valence-corrected chi connectivity index (χ0v) is 30.6. The minimum Gasteiger partial charge on any atom is -0.481 e. The predicted molar refractivity (Wildman–Crippen MR) is 199 cm³/mol. The number of hydrogen-bond donors (Lipinski definition) is 1. The largest absolute Gasteiger partial charge is 0.481 e. The first-order chi connectivity index (χ1) is 22.6. The Morgan fingerprint density at radius 3 is 1.43 bits per heavy atom. The standard InChI is InChI=1S/C42H76O4/c1-3-5-7-9-11-13-15-17-18-19-20-22-24-26-28-30-35-39-42(45)46-40(37-33-31-34-38-41(43)44)36-32-29-27-25-23-21-16-14-12-10-8-6-4-2/h5,7,11,13,17-18,40H,3-4,6,8-10,12,14-16,19-39H2,1-2H3,(H,43,44)/b7-5-,13-11-,18-17-. The van der Waals surface area contributed by atoms with Crippen LogP contribution in [0.25, 0.3) is 0 Å². The van der Waals surface area contributed by atoms with Gasteiger partial charge in [-0.05, 0) is 70.6 Å². The van der Waals surface area contributed by atoms with E-state index < -0.39 is 5.97 Å². The van der Waals surface area contributed by atoms with Gasteiger partial charge in [0.1, 0.15) is 6.10 Å². The highest BCUT2D eigenvalue weighted by Gasteiger charge is 2.14. The second-order valence-corrected chi connectivity index (χ2v) is 13.4. The van der Waals surface area contributed by atoms with E-state index in [0.717, 1.165) is 64.2 Å². The zero-order valence-electron chi connectivity index (χ0n) is 30.6. The van der Waals surface area contributed by atoms with E-state index in [1.54, 1.807) is 0 Å². The van der Waals surface area contributed by atoms with E-state index in [2.05, 4.69) is 50.3 Å². The molecule has 0 radical (unpaired) electrons. The van der Waals surface area contributed by atoms with Crippen molar-refractivity contribution in [2.45, 2.75) is 219 Å². The molecular formula is C42H76O4. The van der Waals surface area contributed by atoms with Crippen LogP contribution in [0.2, 0.25) is 0 Å². The SMILES string of the molecule is CC/C=C\C/C=C\C/C=C\CCCCCCCCCC(=O)OC(CCCCCCCCCCCCCCC)CCCCCC(=O)O. The molecule has 0 amide bonds. The number of carbonyl (C=O) groups is 2. The summed E-state index contributed by atoms with van der Waals surface area (Å²) in [6.45, 7) is 4.44. The van der Waals surface area contributed by atoms with Gasteiger partial charge in [-0.2, -0.15) is 0 Å². The van der Waals surface area contributed by atoms with Gasteiger partial charge in [0.25, 0.3) is 0 Å². The average molecular weight is 645 g/mol. The number of carboxylic acid groups (broad SMARTS) is 1. The molecule has 0 fully saturated rings. The number of carboxylic acids is 1. The first-order valence-corrected chi connectivity index (χ1v) is 20.0. The van der Waals surface area contributed by atoms with E-state index in [4.69, 9.17) is 9.84 Å². The number of allylic oxidation sites excluding steroid dienone is 6. The lowest BCUT2D eigenvalue weighted by Crippen LogP contribution is -2.18. The molecular weight excluding hydrogens is 568 g/mol. The zero-order chi connectivity index (χ0) is 33.6. The van der Waals surface area contributed by atoms with Crippen LogP contribution in [0.4, 0.5) is 0 Å². The molecule has 0 aromatic carbocycles. The Balaban J connectivity index is 3.94. The second kappa shape index (κ2) is 37.6. The molecule has 0 bridgehead atoms. The third-order valence-electron chi connectivity index (χ3n) is 8.88. The van der Waals surface area contributed by atoms with Crippen molar-refractivity contribution in [3.05, 3.63) is 36.5 Å². The molecule has 1 N–H and O–H groups in total. The van der Waals surface area contributed by atoms with E-state index in [-0.39, 0.29) is 18.5 Å². The number of carbonyl (C=O) groups excluding carboxylic acids is 1. The summed E-state index contributed by atoms with van der Waals surface area (Å²) in [7, 11) is 0. The molecule has 0 saturated heterocycles. The number of ether oxygens (including phenoxy) is 1. The quantitative estimate of drug-likeness (QED) is 0.0419. The maximum absolute atomic E-state index is 12.6. The molecule has 0 rings (SSSR count). The average Bonchev–Trinajstić information content (AvgIpc) is 3.04. The van der Waals surface area contributed by atoms with Crippen molar-refractivity contribution >= 4 is 11.9 Å². The van der Waals surface area contributed by atoms with Crippen LogP contribution in [0, 0.1) is 0 Å². The van der Waals surface area contributed by atoms with Gasteiger partial charge in [0.2, 0.25) is 0 Å². The molecule has 1 unspecified atom stereocenters. The Morgan fingerprint density at radius 1 is 0.500 bits per heavy atom. The van der Waals surface area contributed by atoms with Gasteiger partial charge in [-0.25, -0.2) is 0 Å². The summed E-state index contributed by atoms with van der Waals surface area (Å²) < 4.78 is 5.95. The van der Waals surface area contributed by atoms with Gasteiger partial charge in [-0.1, -0.05) is 166 Å². The molecule has 0 heterocycles. The highest BCUT2D eigenvalue weighted by Crippen LogP contribution is 2.19. The Bertz CT molecular complexity index is 738. The third-order valence-corrected chi connectivity index (χ3v) is 8.88. The molecule has 1 atom stereocenters. The molecule has 0 saturated carbocycles. The maximum Gasteiger partial charge on any atom is 0.306 e. The van der Waals surface area contributed by atoms with E-state index >= 15 is 0 Å². The van der Waals surface area contributed by atoms with Crippen molar-refractivity contribution in [2.24, 2.45) is 0 Å². The van der Waals surface area contributed by atoms with E-state index in [1.165, 1.54) is 116 Å². The van der Waals surface area contributed by atoms with E-state index in [9.17, 15) is 9.59 Å². The molecule has 0 aromatic rings. The van der Waals surface area contributed by atoms with Crippen LogP contribution in [0.5, 0.6) is 0 Å². The highest BCUT2D eigenvalue weighted by atomic mass is 16.5. The number of hydrogen-bond acceptors (Lipinski definition) is 3. The molecule has 0 aliphatic heterocycles. The topological polar surface area (TPSA) is 63.6 Å². The number of aliphatic carboxylic acids is 1. The fourth-order valence-electron chi connectivity index (χ4n) is 5.96. The fourth-order valence-corrected chi connectivity index (χ4v) is 5.96. The summed E-state index contributed by atoms with van der Waals surface area (Å²) in [6.07, 6.45) is 48.7. The summed E-state index contributed by atoms with van der Waals surface area (Å²) >= 11 is 0. The Kier molecular flexibility index (Phi) is 36.1. The van der Waals surface area contributed by atoms with Gasteiger partial charge in [0.15, 0.2) is 0 Å². The van der Waals surface area contributed by atoms with Crippen LogP contribution in [0.15, 0.2) is 36.5 Å². The van der Waals surface area contributed by atoms with Gasteiger partial charge in [0.05, 0.1) is 0 Å². The predicted octanol–water partition coefficient (Wildman–Crippen LogP) is 13.8. The van der Waals surface area contributed by atoms with Gasteiger partial charge in [-0.3, -0.25) is 9.59 Å². The molecule has 0 aromatic heterocycles. The van der Waals surface area contributed by atoms with Crippen molar-refractivity contribution < 1.29 is 19.4 Å². The minimum atomic E-state index is -0.725. The summed E-state index contributed by atoms with van der Waals surface area (Å²) in [5.41, 5.74) is 0. The lowest BCUT2D eigenvalue weighted by Gasteiger charge is -2.18. The number of esters is 1. The normalized spacial score (nSPS) is 12.6. The number of rotatable bonds is 36. The summed E-state index contributed by atoms with van der Waals surface area (Å²) in [4.78, 5) is 23.4. The molecule has 4 heteroatoms. The van der Waals surface area contributed by atoms with Crippen LogP contribution in [-0.2, 0) is 14.3 Å². The molecule has 0 aliphatic rings. The second-order valence-electron chi connectivity index (χ2n) is 13.4. The summed E-state index contributed by atoms with van der Waals surface area (Å²) in [5, 5.41) is 8.90. The Labute approximate surface area is 286 Å². The Morgan fingerprint density at radius 2 is 0.913 bits per heavy atom. The smallest absolute Gasteiger partial charge is 0.306 e. The van der Waals surface area contributed by atoms with Gasteiger partial charge in [0, 0.05) is 12.8 Å². The molecule has 0 aliphatic carbocycles. The minimum absolute atomic E-state index is 0.00180. The van der Waals surface area contributed by atoms with E-state index in [1.807, 2.05) is 0 Å². The van der Waals surface area contributed by atoms with Gasteiger partial charge in [-0.15, -0.1) is 0 Å². The van der Waals surface area contributed by atoms with Crippen LogP contribution in [0.1, 0.15) is 213 Å². The van der Waals surface area contributed by atoms with Crippen molar-refractivity contribution in [3.8, 4) is 0 Å². The van der Waals surface area contributed by atoms with Crippen molar-refractivity contribution in [1.82, 2.24) is 0 Å². The molecule has 0 spiro atoms. The molecule has 268 valence electrons. The number of unbranched alkanes of at least 4 members (excludes halogenated alkanes) is 21. The Hall–Kier alpha value is -1.84. The van der Waals surface area contributed by atoms with Crippen molar-refractivity contribution in [1.29, 1.82) is 0 Å². The van der Waals surface area contributed by atoms with Crippen LogP contribution in [0.3, 0.4) is 0 Å². The first kappa shape index (κ1) is 44.2. The maximum atomic E-state index is 12.6. The van der Waals surface area contributed by atoms with Crippen molar-refractivity contribution in [2.75, 3.05) is 0 Å². The van der Waals surface area contributed by atoms with Gasteiger partial charge < -0.3 is 9.84 Å². The van der Waals surface area contributed by atoms with Crippen molar-refractivity contribution in [3.63, 3.8) is 0 Å². The summed E-state index contributed by atoms with van der Waals surface area (Å²) in [6, 6.07) is 0.